The molecule has 0 aliphatic carbocycles. The van der Waals surface area contributed by atoms with Crippen LogP contribution >= 0.6 is 15.9 Å². The molecular formula is C12H19BrN2O3S. The van der Waals surface area contributed by atoms with E-state index in [1.807, 2.05) is 0 Å². The van der Waals surface area contributed by atoms with Crippen LogP contribution in [0, 0.1) is 0 Å². The van der Waals surface area contributed by atoms with Crippen molar-refractivity contribution >= 4 is 26.0 Å². The minimum Gasteiger partial charge on any atom is -0.383 e. The van der Waals surface area contributed by atoms with Crippen LogP contribution < -0.4 is 10.5 Å². The summed E-state index contributed by atoms with van der Waals surface area (Å²) in [7, 11) is -2.11. The topological polar surface area (TPSA) is 81.4 Å². The zero-order chi connectivity index (χ0) is 14.7. The van der Waals surface area contributed by atoms with E-state index in [-0.39, 0.29) is 18.0 Å². The van der Waals surface area contributed by atoms with Crippen LogP contribution in [-0.2, 0) is 21.3 Å². The number of methoxy groups -OCH3 is 1. The Kier molecular flexibility index (Phi) is 5.52. The van der Waals surface area contributed by atoms with Crippen LogP contribution in [0.15, 0.2) is 27.6 Å². The number of ether oxygens (including phenoxy) is 1. The van der Waals surface area contributed by atoms with Crippen LogP contribution in [0.3, 0.4) is 0 Å². The van der Waals surface area contributed by atoms with Crippen LogP contribution in [-0.4, -0.2) is 27.7 Å². The zero-order valence-electron chi connectivity index (χ0n) is 11.2. The van der Waals surface area contributed by atoms with Crippen molar-refractivity contribution < 1.29 is 13.2 Å². The summed E-state index contributed by atoms with van der Waals surface area (Å²) in [6.07, 6.45) is 0. The number of hydrogen-bond donors (Lipinski definition) is 2. The zero-order valence-corrected chi connectivity index (χ0v) is 13.6. The van der Waals surface area contributed by atoms with Crippen LogP contribution in [0.4, 0.5) is 0 Å². The molecule has 0 saturated heterocycles. The second-order valence-corrected chi connectivity index (χ2v) is 7.40. The lowest BCUT2D eigenvalue weighted by Gasteiger charge is -2.25. The molecule has 0 fully saturated rings. The molecule has 1 aromatic carbocycles. The minimum atomic E-state index is -3.64. The number of nitrogens with two attached hydrogens (primary N) is 1. The number of hydrogen-bond acceptors (Lipinski definition) is 4. The predicted octanol–water partition coefficient (Wildman–Crippen LogP) is 1.61. The van der Waals surface area contributed by atoms with E-state index in [1.165, 1.54) is 7.11 Å². The monoisotopic (exact) mass is 350 g/mol. The smallest absolute Gasteiger partial charge is 0.242 e. The van der Waals surface area contributed by atoms with E-state index in [0.29, 0.717) is 4.47 Å². The Morgan fingerprint density at radius 3 is 2.58 bits per heavy atom. The number of halogens is 1. The molecule has 0 bridgehead atoms. The highest BCUT2D eigenvalue weighted by molar-refractivity contribution is 9.10. The van der Waals surface area contributed by atoms with Crippen molar-refractivity contribution in [1.82, 2.24) is 4.72 Å². The normalized spacial score (nSPS) is 12.7. The Hall–Kier alpha value is -0.470. The van der Waals surface area contributed by atoms with Gasteiger partial charge in [0.05, 0.1) is 17.0 Å². The van der Waals surface area contributed by atoms with Crippen molar-refractivity contribution in [3.8, 4) is 0 Å². The van der Waals surface area contributed by atoms with E-state index >= 15 is 0 Å². The Morgan fingerprint density at radius 1 is 1.42 bits per heavy atom. The first-order valence-corrected chi connectivity index (χ1v) is 8.01. The lowest BCUT2D eigenvalue weighted by Crippen LogP contribution is -2.46. The number of benzene rings is 1. The fourth-order valence-corrected chi connectivity index (χ4v) is 4.10. The summed E-state index contributed by atoms with van der Waals surface area (Å²) in [6, 6.07) is 5.03. The molecule has 0 spiro atoms. The third-order valence-corrected chi connectivity index (χ3v) is 5.13. The maximum Gasteiger partial charge on any atom is 0.242 e. The van der Waals surface area contributed by atoms with Gasteiger partial charge in [-0.05, 0) is 47.5 Å². The standard InChI is InChI=1S/C12H19BrN2O3S/c1-12(2,8-18-3)15-19(16,17)11-6-9(7-14)4-5-10(11)13/h4-6,15H,7-8,14H2,1-3H3. The summed E-state index contributed by atoms with van der Waals surface area (Å²) < 4.78 is 32.9. The van der Waals surface area contributed by atoms with Gasteiger partial charge in [0, 0.05) is 18.1 Å². The molecule has 3 N–H and O–H groups in total. The third kappa shape index (κ3) is 4.54. The van der Waals surface area contributed by atoms with Gasteiger partial charge in [-0.15, -0.1) is 0 Å². The van der Waals surface area contributed by atoms with Crippen LogP contribution in [0.2, 0.25) is 0 Å². The molecule has 108 valence electrons. The molecule has 0 aliphatic heterocycles. The molecule has 0 saturated carbocycles. The molecular weight excluding hydrogens is 332 g/mol. The Labute approximate surface area is 122 Å². The van der Waals surface area contributed by atoms with E-state index in [1.54, 1.807) is 32.0 Å². The Morgan fingerprint density at radius 2 is 2.05 bits per heavy atom. The molecule has 19 heavy (non-hydrogen) atoms. The average Bonchev–Trinajstić information content (AvgIpc) is 2.27. The van der Waals surface area contributed by atoms with Gasteiger partial charge in [-0.1, -0.05) is 6.07 Å². The van der Waals surface area contributed by atoms with Crippen LogP contribution in [0.1, 0.15) is 19.4 Å². The molecule has 0 aromatic heterocycles. The van der Waals surface area contributed by atoms with E-state index in [2.05, 4.69) is 20.7 Å². The highest BCUT2D eigenvalue weighted by Gasteiger charge is 2.27. The molecule has 0 heterocycles. The van der Waals surface area contributed by atoms with Gasteiger partial charge in [0.1, 0.15) is 0 Å². The van der Waals surface area contributed by atoms with Gasteiger partial charge in [-0.3, -0.25) is 0 Å². The van der Waals surface area contributed by atoms with Gasteiger partial charge >= 0.3 is 0 Å². The summed E-state index contributed by atoms with van der Waals surface area (Å²) in [5.41, 5.74) is 5.61. The molecule has 5 nitrogen and oxygen atoms in total. The second kappa shape index (κ2) is 6.32. The quantitative estimate of drug-likeness (QED) is 0.816. The molecule has 7 heteroatoms. The van der Waals surface area contributed by atoms with E-state index in [0.717, 1.165) is 5.56 Å². The van der Waals surface area contributed by atoms with Gasteiger partial charge in [-0.25, -0.2) is 13.1 Å². The fourth-order valence-electron chi connectivity index (χ4n) is 1.69. The Bertz CT molecular complexity index is 544. The third-order valence-electron chi connectivity index (χ3n) is 2.44. The predicted molar refractivity (Wildman–Crippen MR) is 78.3 cm³/mol. The molecule has 1 aromatic rings. The van der Waals surface area contributed by atoms with Gasteiger partial charge in [0.25, 0.3) is 0 Å². The van der Waals surface area contributed by atoms with Crippen LogP contribution in [0.25, 0.3) is 0 Å². The molecule has 0 atom stereocenters. The summed E-state index contributed by atoms with van der Waals surface area (Å²) in [6.45, 7) is 4.08. The summed E-state index contributed by atoms with van der Waals surface area (Å²) in [4.78, 5) is 0.180. The van der Waals surface area contributed by atoms with Crippen molar-refractivity contribution in [3.63, 3.8) is 0 Å². The highest BCUT2D eigenvalue weighted by Crippen LogP contribution is 2.24. The summed E-state index contributed by atoms with van der Waals surface area (Å²) in [5, 5.41) is 0. The molecule has 0 unspecified atom stereocenters. The maximum atomic E-state index is 12.4. The van der Waals surface area contributed by atoms with Gasteiger partial charge < -0.3 is 10.5 Å². The second-order valence-electron chi connectivity index (χ2n) is 4.89. The van der Waals surface area contributed by atoms with Crippen LogP contribution in [0.5, 0.6) is 0 Å². The Balaban J connectivity index is 3.13. The first-order chi connectivity index (χ1) is 8.72. The van der Waals surface area contributed by atoms with Crippen molar-refractivity contribution in [2.75, 3.05) is 13.7 Å². The first-order valence-electron chi connectivity index (χ1n) is 5.73. The number of nitrogens with one attached hydrogen (secondary N) is 1. The summed E-state index contributed by atoms with van der Waals surface area (Å²) >= 11 is 3.25. The van der Waals surface area contributed by atoms with Crippen molar-refractivity contribution in [2.45, 2.75) is 30.8 Å². The van der Waals surface area contributed by atoms with E-state index in [4.69, 9.17) is 10.5 Å². The lowest BCUT2D eigenvalue weighted by molar-refractivity contribution is 0.141. The number of sulfonamides is 1. The van der Waals surface area contributed by atoms with Crippen molar-refractivity contribution in [3.05, 3.63) is 28.2 Å². The lowest BCUT2D eigenvalue weighted by atomic mass is 10.1. The van der Waals surface area contributed by atoms with E-state index < -0.39 is 15.6 Å². The minimum absolute atomic E-state index is 0.180. The molecule has 0 aliphatic rings. The van der Waals surface area contributed by atoms with Crippen molar-refractivity contribution in [2.24, 2.45) is 5.73 Å². The van der Waals surface area contributed by atoms with Gasteiger partial charge in [0.15, 0.2) is 0 Å². The average molecular weight is 351 g/mol. The van der Waals surface area contributed by atoms with Gasteiger partial charge in [-0.2, -0.15) is 0 Å². The SMILES string of the molecule is COCC(C)(C)NS(=O)(=O)c1cc(CN)ccc1Br. The maximum absolute atomic E-state index is 12.4. The van der Waals surface area contributed by atoms with Gasteiger partial charge in [0.2, 0.25) is 10.0 Å². The summed E-state index contributed by atoms with van der Waals surface area (Å²) in [5.74, 6) is 0. The molecule has 0 amide bonds. The van der Waals surface area contributed by atoms with Crippen molar-refractivity contribution in [1.29, 1.82) is 0 Å². The first kappa shape index (κ1) is 16.6. The molecule has 1 rings (SSSR count). The largest absolute Gasteiger partial charge is 0.383 e. The highest BCUT2D eigenvalue weighted by atomic mass is 79.9. The molecule has 0 radical (unpaired) electrons. The number of rotatable bonds is 6. The fraction of sp³-hybridized carbons (Fsp3) is 0.500. The van der Waals surface area contributed by atoms with E-state index in [9.17, 15) is 8.42 Å².